The number of pyridine rings is 1. The summed E-state index contributed by atoms with van der Waals surface area (Å²) in [4.78, 5) is 17.0. The number of rotatable bonds is 6. The molecule has 0 atom stereocenters. The number of hydrogen-bond donors (Lipinski definition) is 1. The van der Waals surface area contributed by atoms with E-state index in [9.17, 15) is 4.79 Å². The molecule has 0 bridgehead atoms. The largest absolute Gasteiger partial charge is 0.493 e. The predicted octanol–water partition coefficient (Wildman–Crippen LogP) is 3.29. The molecule has 1 amide bonds. The summed E-state index contributed by atoms with van der Waals surface area (Å²) in [5.74, 6) is 1.17. The average Bonchev–Trinajstić information content (AvgIpc) is 2.96. The zero-order valence-corrected chi connectivity index (χ0v) is 15.6. The number of nitrogens with one attached hydrogen (secondary N) is 1. The Labute approximate surface area is 156 Å². The second-order valence-electron chi connectivity index (χ2n) is 5.82. The van der Waals surface area contributed by atoms with Gasteiger partial charge in [-0.25, -0.2) is 4.98 Å². The highest BCUT2D eigenvalue weighted by Gasteiger charge is 2.16. The standard InChI is InChI=1S/C19H20ClN3O3/c1-12-18(23-11-14(20)5-7-17(23)22-12)19(24)21-9-8-13-4-6-15(25-2)16(10-13)26-3/h4-7,10-11H,8-9H2,1-3H3,(H,21,24). The summed E-state index contributed by atoms with van der Waals surface area (Å²) in [6, 6.07) is 9.25. The van der Waals surface area contributed by atoms with Crippen molar-refractivity contribution in [2.24, 2.45) is 0 Å². The number of nitrogens with zero attached hydrogens (tertiary/aromatic N) is 2. The molecule has 1 aromatic carbocycles. The molecule has 0 aliphatic carbocycles. The quantitative estimate of drug-likeness (QED) is 0.720. The lowest BCUT2D eigenvalue weighted by Gasteiger charge is -2.10. The van der Waals surface area contributed by atoms with E-state index in [1.54, 1.807) is 36.9 Å². The second kappa shape index (κ2) is 7.66. The number of aryl methyl sites for hydroxylation is 1. The van der Waals surface area contributed by atoms with Crippen molar-refractivity contribution >= 4 is 23.2 Å². The van der Waals surface area contributed by atoms with E-state index in [0.29, 0.717) is 46.5 Å². The molecular formula is C19H20ClN3O3. The van der Waals surface area contributed by atoms with Gasteiger partial charge in [-0.15, -0.1) is 0 Å². The van der Waals surface area contributed by atoms with Crippen LogP contribution >= 0.6 is 11.6 Å². The number of benzene rings is 1. The maximum absolute atomic E-state index is 12.6. The third-order valence-electron chi connectivity index (χ3n) is 4.12. The van der Waals surface area contributed by atoms with Crippen LogP contribution in [-0.2, 0) is 6.42 Å². The summed E-state index contributed by atoms with van der Waals surface area (Å²) < 4.78 is 12.2. The molecule has 6 nitrogen and oxygen atoms in total. The number of halogens is 1. The summed E-state index contributed by atoms with van der Waals surface area (Å²) in [6.45, 7) is 2.30. The summed E-state index contributed by atoms with van der Waals surface area (Å²) in [5.41, 5.74) is 2.89. The molecule has 0 radical (unpaired) electrons. The first kappa shape index (κ1) is 18.1. The van der Waals surface area contributed by atoms with Gasteiger partial charge in [0.2, 0.25) is 0 Å². The van der Waals surface area contributed by atoms with Gasteiger partial charge in [-0.2, -0.15) is 0 Å². The normalized spacial score (nSPS) is 10.8. The van der Waals surface area contributed by atoms with Crippen molar-refractivity contribution in [1.29, 1.82) is 0 Å². The third-order valence-corrected chi connectivity index (χ3v) is 4.34. The first-order chi connectivity index (χ1) is 12.5. The van der Waals surface area contributed by atoms with Crippen LogP contribution in [0, 0.1) is 6.92 Å². The number of carbonyl (C=O) groups is 1. The van der Waals surface area contributed by atoms with Gasteiger partial charge in [-0.3, -0.25) is 9.20 Å². The first-order valence-electron chi connectivity index (χ1n) is 8.16. The molecule has 2 aromatic heterocycles. The fourth-order valence-corrected chi connectivity index (χ4v) is 3.01. The van der Waals surface area contributed by atoms with Crippen LogP contribution in [-0.4, -0.2) is 36.1 Å². The van der Waals surface area contributed by atoms with Crippen LogP contribution < -0.4 is 14.8 Å². The molecule has 7 heteroatoms. The Kier molecular flexibility index (Phi) is 5.32. The Bertz CT molecular complexity index is 953. The summed E-state index contributed by atoms with van der Waals surface area (Å²) >= 11 is 6.04. The fourth-order valence-electron chi connectivity index (χ4n) is 2.85. The van der Waals surface area contributed by atoms with Crippen molar-refractivity contribution in [2.75, 3.05) is 20.8 Å². The van der Waals surface area contributed by atoms with Gasteiger partial charge in [0.05, 0.1) is 24.9 Å². The van der Waals surface area contributed by atoms with Gasteiger partial charge in [0.15, 0.2) is 11.5 Å². The van der Waals surface area contributed by atoms with Gasteiger partial charge in [0, 0.05) is 12.7 Å². The van der Waals surface area contributed by atoms with E-state index in [1.165, 1.54) is 0 Å². The van der Waals surface area contributed by atoms with E-state index in [1.807, 2.05) is 25.1 Å². The smallest absolute Gasteiger partial charge is 0.270 e. The number of imidazole rings is 1. The number of methoxy groups -OCH3 is 2. The van der Waals surface area contributed by atoms with Crippen LogP contribution in [0.4, 0.5) is 0 Å². The zero-order chi connectivity index (χ0) is 18.7. The maximum atomic E-state index is 12.6. The summed E-state index contributed by atoms with van der Waals surface area (Å²) in [6.07, 6.45) is 2.36. The molecule has 26 heavy (non-hydrogen) atoms. The molecule has 3 rings (SSSR count). The second-order valence-corrected chi connectivity index (χ2v) is 6.25. The van der Waals surface area contributed by atoms with E-state index < -0.39 is 0 Å². The maximum Gasteiger partial charge on any atom is 0.270 e. The Morgan fingerprint density at radius 2 is 1.96 bits per heavy atom. The number of hydrogen-bond acceptors (Lipinski definition) is 4. The van der Waals surface area contributed by atoms with E-state index in [-0.39, 0.29) is 5.91 Å². The number of aromatic nitrogens is 2. The average molecular weight is 374 g/mol. The highest BCUT2D eigenvalue weighted by atomic mass is 35.5. The van der Waals surface area contributed by atoms with Crippen LogP contribution in [0.1, 0.15) is 21.7 Å². The fraction of sp³-hybridized carbons (Fsp3) is 0.263. The summed E-state index contributed by atoms with van der Waals surface area (Å²) in [7, 11) is 3.20. The number of fused-ring (bicyclic) bond motifs is 1. The minimum Gasteiger partial charge on any atom is -0.493 e. The van der Waals surface area contributed by atoms with Crippen molar-refractivity contribution in [1.82, 2.24) is 14.7 Å². The van der Waals surface area contributed by atoms with Crippen molar-refractivity contribution < 1.29 is 14.3 Å². The predicted molar refractivity (Wildman–Crippen MR) is 101 cm³/mol. The van der Waals surface area contributed by atoms with Gasteiger partial charge in [-0.1, -0.05) is 17.7 Å². The molecule has 3 aromatic rings. The molecule has 0 unspecified atom stereocenters. The van der Waals surface area contributed by atoms with Crippen LogP contribution in [0.2, 0.25) is 5.02 Å². The lowest BCUT2D eigenvalue weighted by atomic mass is 10.1. The lowest BCUT2D eigenvalue weighted by molar-refractivity contribution is 0.0947. The van der Waals surface area contributed by atoms with Crippen molar-refractivity contribution in [3.8, 4) is 11.5 Å². The molecule has 0 spiro atoms. The van der Waals surface area contributed by atoms with E-state index >= 15 is 0 Å². The first-order valence-corrected chi connectivity index (χ1v) is 8.54. The van der Waals surface area contributed by atoms with Crippen LogP contribution in [0.15, 0.2) is 36.5 Å². The Balaban J connectivity index is 1.70. The third kappa shape index (κ3) is 3.60. The molecule has 0 saturated heterocycles. The van der Waals surface area contributed by atoms with Gasteiger partial charge >= 0.3 is 0 Å². The van der Waals surface area contributed by atoms with Crippen molar-refractivity contribution in [3.63, 3.8) is 0 Å². The molecule has 0 aliphatic heterocycles. The van der Waals surface area contributed by atoms with E-state index in [0.717, 1.165) is 5.56 Å². The van der Waals surface area contributed by atoms with Crippen LogP contribution in [0.25, 0.3) is 5.65 Å². The topological polar surface area (TPSA) is 64.9 Å². The minimum absolute atomic E-state index is 0.183. The molecular weight excluding hydrogens is 354 g/mol. The zero-order valence-electron chi connectivity index (χ0n) is 14.9. The Hall–Kier alpha value is -2.73. The minimum atomic E-state index is -0.183. The lowest BCUT2D eigenvalue weighted by Crippen LogP contribution is -2.27. The molecule has 0 aliphatic rings. The molecule has 2 heterocycles. The van der Waals surface area contributed by atoms with Crippen molar-refractivity contribution in [3.05, 3.63) is 58.5 Å². The number of ether oxygens (including phenoxy) is 2. The van der Waals surface area contributed by atoms with Gasteiger partial charge in [0.25, 0.3) is 5.91 Å². The number of amides is 1. The van der Waals surface area contributed by atoms with Crippen LogP contribution in [0.3, 0.4) is 0 Å². The molecule has 0 fully saturated rings. The number of carbonyl (C=O) groups excluding carboxylic acids is 1. The van der Waals surface area contributed by atoms with Crippen molar-refractivity contribution in [2.45, 2.75) is 13.3 Å². The highest BCUT2D eigenvalue weighted by Crippen LogP contribution is 2.27. The Morgan fingerprint density at radius 3 is 2.69 bits per heavy atom. The Morgan fingerprint density at radius 1 is 1.19 bits per heavy atom. The summed E-state index contributed by atoms with van der Waals surface area (Å²) in [5, 5.41) is 3.49. The molecule has 136 valence electrons. The van der Waals surface area contributed by atoms with E-state index in [2.05, 4.69) is 10.3 Å². The van der Waals surface area contributed by atoms with Gasteiger partial charge in [-0.05, 0) is 43.2 Å². The molecule has 1 N–H and O–H groups in total. The van der Waals surface area contributed by atoms with Gasteiger partial charge < -0.3 is 14.8 Å². The highest BCUT2D eigenvalue weighted by molar-refractivity contribution is 6.30. The van der Waals surface area contributed by atoms with Gasteiger partial charge in [0.1, 0.15) is 11.3 Å². The van der Waals surface area contributed by atoms with Crippen LogP contribution in [0.5, 0.6) is 11.5 Å². The SMILES string of the molecule is COc1ccc(CCNC(=O)c2c(C)nc3ccc(Cl)cn23)cc1OC. The monoisotopic (exact) mass is 373 g/mol. The molecule has 0 saturated carbocycles. The van der Waals surface area contributed by atoms with E-state index in [4.69, 9.17) is 21.1 Å².